The van der Waals surface area contributed by atoms with Crippen LogP contribution in [0.4, 0.5) is 0 Å². The van der Waals surface area contributed by atoms with Crippen molar-refractivity contribution in [2.45, 2.75) is 37.6 Å². The second kappa shape index (κ2) is 7.75. The Bertz CT molecular complexity index is 476. The highest BCUT2D eigenvalue weighted by atomic mass is 16.5. The molecule has 122 valence electrons. The smallest absolute Gasteiger partial charge is 0.176 e. The van der Waals surface area contributed by atoms with E-state index in [0.29, 0.717) is 6.54 Å². The van der Waals surface area contributed by atoms with E-state index in [1.807, 2.05) is 24.3 Å². The first-order valence-corrected chi connectivity index (χ1v) is 8.13. The van der Waals surface area contributed by atoms with Gasteiger partial charge in [0.25, 0.3) is 0 Å². The van der Waals surface area contributed by atoms with E-state index in [1.54, 1.807) is 7.11 Å². The molecule has 0 aliphatic heterocycles. The van der Waals surface area contributed by atoms with Crippen molar-refractivity contribution in [1.82, 2.24) is 10.2 Å². The van der Waals surface area contributed by atoms with E-state index in [-0.39, 0.29) is 11.3 Å². The van der Waals surface area contributed by atoms with Gasteiger partial charge in [0.05, 0.1) is 13.7 Å². The lowest BCUT2D eigenvalue weighted by Crippen LogP contribution is -2.53. The van der Waals surface area contributed by atoms with Crippen LogP contribution in [0, 0.1) is 0 Å². The van der Waals surface area contributed by atoms with Gasteiger partial charge in [-0.1, -0.05) is 19.3 Å². The third-order valence-corrected chi connectivity index (χ3v) is 4.88. The third kappa shape index (κ3) is 4.08. The van der Waals surface area contributed by atoms with E-state index in [9.17, 15) is 4.79 Å². The van der Waals surface area contributed by atoms with E-state index in [0.717, 1.165) is 17.9 Å². The number of likely N-dealkylation sites (N-methyl/N-ethyl adjacent to an activating group) is 1. The summed E-state index contributed by atoms with van der Waals surface area (Å²) in [5, 5.41) is 3.38. The highest BCUT2D eigenvalue weighted by molar-refractivity contribution is 5.97. The van der Waals surface area contributed by atoms with Gasteiger partial charge in [-0.15, -0.1) is 0 Å². The first-order chi connectivity index (χ1) is 10.6. The average Bonchev–Trinajstić information content (AvgIpc) is 2.55. The van der Waals surface area contributed by atoms with Gasteiger partial charge >= 0.3 is 0 Å². The molecule has 0 saturated heterocycles. The lowest BCUT2D eigenvalue weighted by atomic mass is 9.80. The number of carbonyl (C=O) groups is 1. The summed E-state index contributed by atoms with van der Waals surface area (Å²) in [7, 11) is 5.93. The minimum Gasteiger partial charge on any atom is -0.497 e. The van der Waals surface area contributed by atoms with E-state index >= 15 is 0 Å². The molecule has 1 fully saturated rings. The normalized spacial score (nSPS) is 17.5. The Morgan fingerprint density at radius 3 is 2.36 bits per heavy atom. The number of carbonyl (C=O) groups excluding carboxylic acids is 1. The van der Waals surface area contributed by atoms with Crippen molar-refractivity contribution in [1.29, 1.82) is 0 Å². The molecule has 0 bridgehead atoms. The molecule has 1 aliphatic carbocycles. The van der Waals surface area contributed by atoms with Crippen LogP contribution in [0.3, 0.4) is 0 Å². The fraction of sp³-hybridized carbons (Fsp3) is 0.611. The van der Waals surface area contributed by atoms with Crippen LogP contribution in [0.25, 0.3) is 0 Å². The molecule has 1 N–H and O–H groups in total. The number of nitrogens with zero attached hydrogens (tertiary/aromatic N) is 1. The number of methoxy groups -OCH3 is 1. The highest BCUT2D eigenvalue weighted by Gasteiger charge is 2.33. The average molecular weight is 304 g/mol. The van der Waals surface area contributed by atoms with E-state index in [4.69, 9.17) is 4.74 Å². The summed E-state index contributed by atoms with van der Waals surface area (Å²) < 4.78 is 5.12. The molecule has 0 aromatic heterocycles. The molecular formula is C18H28N2O2. The Balaban J connectivity index is 1.87. The van der Waals surface area contributed by atoms with Crippen molar-refractivity contribution in [2.24, 2.45) is 0 Å². The highest BCUT2D eigenvalue weighted by Crippen LogP contribution is 2.31. The lowest BCUT2D eigenvalue weighted by Gasteiger charge is -2.43. The van der Waals surface area contributed by atoms with Gasteiger partial charge in [-0.2, -0.15) is 0 Å². The summed E-state index contributed by atoms with van der Waals surface area (Å²) in [6.07, 6.45) is 6.33. The van der Waals surface area contributed by atoms with E-state index < -0.39 is 0 Å². The van der Waals surface area contributed by atoms with Crippen molar-refractivity contribution in [3.8, 4) is 5.75 Å². The van der Waals surface area contributed by atoms with Crippen LogP contribution in [0.15, 0.2) is 24.3 Å². The first-order valence-electron chi connectivity index (χ1n) is 8.13. The van der Waals surface area contributed by atoms with Crippen molar-refractivity contribution in [3.05, 3.63) is 29.8 Å². The maximum absolute atomic E-state index is 12.2. The van der Waals surface area contributed by atoms with Crippen LogP contribution in [0.1, 0.15) is 42.5 Å². The molecular weight excluding hydrogens is 276 g/mol. The summed E-state index contributed by atoms with van der Waals surface area (Å²) in [4.78, 5) is 14.6. The number of nitrogens with one attached hydrogen (secondary N) is 1. The molecule has 0 amide bonds. The van der Waals surface area contributed by atoms with Crippen molar-refractivity contribution < 1.29 is 9.53 Å². The van der Waals surface area contributed by atoms with Crippen LogP contribution in [-0.4, -0.2) is 50.5 Å². The number of ketones is 1. The van der Waals surface area contributed by atoms with Crippen LogP contribution < -0.4 is 10.1 Å². The predicted octanol–water partition coefficient (Wildman–Crippen LogP) is 2.73. The fourth-order valence-corrected chi connectivity index (χ4v) is 3.28. The molecule has 4 heteroatoms. The monoisotopic (exact) mass is 304 g/mol. The summed E-state index contributed by atoms with van der Waals surface area (Å²) in [5.41, 5.74) is 0.939. The SMILES string of the molecule is COc1ccc(C(=O)CNCC2(N(C)C)CCCCC2)cc1. The molecule has 1 aromatic carbocycles. The van der Waals surface area contributed by atoms with Gasteiger partial charge in [0, 0.05) is 17.6 Å². The van der Waals surface area contributed by atoms with Gasteiger partial charge in [0.15, 0.2) is 5.78 Å². The molecule has 0 unspecified atom stereocenters. The lowest BCUT2D eigenvalue weighted by molar-refractivity contribution is 0.0905. The Morgan fingerprint density at radius 1 is 1.18 bits per heavy atom. The molecule has 1 aliphatic rings. The molecule has 0 radical (unpaired) electrons. The quantitative estimate of drug-likeness (QED) is 0.787. The zero-order valence-electron chi connectivity index (χ0n) is 14.0. The van der Waals surface area contributed by atoms with Crippen LogP contribution in [-0.2, 0) is 0 Å². The van der Waals surface area contributed by atoms with Crippen molar-refractivity contribution in [2.75, 3.05) is 34.3 Å². The van der Waals surface area contributed by atoms with Crippen LogP contribution in [0.2, 0.25) is 0 Å². The molecule has 0 atom stereocenters. The number of ether oxygens (including phenoxy) is 1. The standard InChI is InChI=1S/C18H28N2O2/c1-20(2)18(11-5-4-6-12-18)14-19-13-17(21)15-7-9-16(22-3)10-8-15/h7-10,19H,4-6,11-14H2,1-3H3. The Morgan fingerprint density at radius 2 is 1.82 bits per heavy atom. The topological polar surface area (TPSA) is 41.6 Å². The number of hydrogen-bond donors (Lipinski definition) is 1. The van der Waals surface area contributed by atoms with Gasteiger partial charge in [0.1, 0.15) is 5.75 Å². The Kier molecular flexibility index (Phi) is 5.98. The van der Waals surface area contributed by atoms with E-state index in [1.165, 1.54) is 32.1 Å². The number of Topliss-reactive ketones (excluding diaryl/α,β-unsaturated/α-hetero) is 1. The Hall–Kier alpha value is -1.39. The minimum absolute atomic E-state index is 0.132. The number of hydrogen-bond acceptors (Lipinski definition) is 4. The zero-order chi connectivity index (χ0) is 16.0. The zero-order valence-corrected chi connectivity index (χ0v) is 14.0. The first kappa shape index (κ1) is 17.0. The molecule has 22 heavy (non-hydrogen) atoms. The molecule has 0 spiro atoms. The molecule has 2 rings (SSSR count). The second-order valence-corrected chi connectivity index (χ2v) is 6.43. The van der Waals surface area contributed by atoms with Gasteiger partial charge < -0.3 is 15.0 Å². The Labute approximate surface area is 133 Å². The summed E-state index contributed by atoms with van der Waals surface area (Å²) in [6, 6.07) is 7.31. The molecule has 0 heterocycles. The van der Waals surface area contributed by atoms with E-state index in [2.05, 4.69) is 24.3 Å². The predicted molar refractivity (Wildman–Crippen MR) is 89.7 cm³/mol. The van der Waals surface area contributed by atoms with Crippen LogP contribution in [0.5, 0.6) is 5.75 Å². The van der Waals surface area contributed by atoms with Crippen LogP contribution >= 0.6 is 0 Å². The largest absolute Gasteiger partial charge is 0.497 e. The number of benzene rings is 1. The van der Waals surface area contributed by atoms with Gasteiger partial charge in [-0.05, 0) is 51.2 Å². The summed E-state index contributed by atoms with van der Waals surface area (Å²) >= 11 is 0. The molecule has 1 aromatic rings. The number of rotatable bonds is 7. The fourth-order valence-electron chi connectivity index (χ4n) is 3.28. The maximum atomic E-state index is 12.2. The van der Waals surface area contributed by atoms with Crippen molar-refractivity contribution >= 4 is 5.78 Å². The molecule has 4 nitrogen and oxygen atoms in total. The van der Waals surface area contributed by atoms with Gasteiger partial charge in [0.2, 0.25) is 0 Å². The minimum atomic E-state index is 0.132. The third-order valence-electron chi connectivity index (χ3n) is 4.88. The summed E-state index contributed by atoms with van der Waals surface area (Å²) in [5.74, 6) is 0.908. The van der Waals surface area contributed by atoms with Crippen molar-refractivity contribution in [3.63, 3.8) is 0 Å². The summed E-state index contributed by atoms with van der Waals surface area (Å²) in [6.45, 7) is 1.27. The maximum Gasteiger partial charge on any atom is 0.176 e. The van der Waals surface area contributed by atoms with Gasteiger partial charge in [-0.3, -0.25) is 4.79 Å². The van der Waals surface area contributed by atoms with Gasteiger partial charge in [-0.25, -0.2) is 0 Å². The second-order valence-electron chi connectivity index (χ2n) is 6.43. The molecule has 1 saturated carbocycles.